The molecule has 30 heteroatoms. The van der Waals surface area contributed by atoms with Gasteiger partial charge in [0, 0.05) is 138 Å². The van der Waals surface area contributed by atoms with Crippen molar-refractivity contribution in [2.45, 2.75) is 137 Å². The summed E-state index contributed by atoms with van der Waals surface area (Å²) in [6.07, 6.45) is 4.51. The number of carbonyl (C=O) groups excluding carboxylic acids is 4. The number of hydrogen-bond donors (Lipinski definition) is 5. The number of anilines is 2. The summed E-state index contributed by atoms with van der Waals surface area (Å²) in [7, 11) is -11.0. The average molecular weight is 1640 g/mol. The fraction of sp³-hybridized carbons (Fsp3) is 0.524. The van der Waals surface area contributed by atoms with Gasteiger partial charge in [-0.05, 0) is 171 Å². The quantitative estimate of drug-likeness (QED) is 0.0286. The van der Waals surface area contributed by atoms with Crippen molar-refractivity contribution < 1.29 is 59.0 Å². The van der Waals surface area contributed by atoms with Crippen LogP contribution in [0.1, 0.15) is 113 Å². The number of benzene rings is 5. The topological polar surface area (TPSA) is 250 Å². The third kappa shape index (κ3) is 21.7. The molecule has 6 aromatic rings. The molecule has 1 unspecified atom stereocenters. The van der Waals surface area contributed by atoms with Crippen LogP contribution in [0.4, 0.5) is 24.5 Å². The summed E-state index contributed by atoms with van der Waals surface area (Å²) in [6.45, 7) is 26.2. The van der Waals surface area contributed by atoms with E-state index < -0.39 is 76.4 Å². The predicted molar refractivity (Wildman–Crippen MR) is 435 cm³/mol. The molecular formula is C82H106ClF3N12O10S4. The Morgan fingerprint density at radius 3 is 2.09 bits per heavy atom. The molecule has 6 aliphatic rings. The van der Waals surface area contributed by atoms with Gasteiger partial charge in [0.1, 0.15) is 17.0 Å². The van der Waals surface area contributed by atoms with Crippen LogP contribution in [0.25, 0.3) is 16.0 Å². The molecule has 1 aromatic heterocycles. The molecule has 0 bridgehead atoms. The molecule has 5 fully saturated rings. The van der Waals surface area contributed by atoms with Crippen molar-refractivity contribution in [2.24, 2.45) is 16.7 Å². The van der Waals surface area contributed by atoms with E-state index in [4.69, 9.17) is 16.3 Å². The molecule has 12 rings (SSSR count). The van der Waals surface area contributed by atoms with E-state index >= 15 is 0 Å². The Balaban J connectivity index is 0.596. The zero-order chi connectivity index (χ0) is 79.7. The number of ether oxygens (including phenoxy) is 1. The Bertz CT molecular complexity index is 4490. The number of alkyl halides is 3. The molecular weight excluding hydrogens is 1530 g/mol. The number of aromatic nitrogens is 1. The van der Waals surface area contributed by atoms with Crippen molar-refractivity contribution in [3.05, 3.63) is 160 Å². The number of sulfone groups is 1. The minimum Gasteiger partial charge on any atom is -0.391 e. The first-order chi connectivity index (χ1) is 53.3. The molecule has 0 radical (unpaired) electrons. The highest BCUT2D eigenvalue weighted by Crippen LogP contribution is 2.45. The molecule has 4 amide bonds. The lowest BCUT2D eigenvalue weighted by atomic mass is 9.71. The van der Waals surface area contributed by atoms with Crippen molar-refractivity contribution in [3.8, 4) is 10.4 Å². The lowest BCUT2D eigenvalue weighted by Crippen LogP contribution is -2.59. The van der Waals surface area contributed by atoms with Gasteiger partial charge < -0.3 is 45.4 Å². The normalized spacial score (nSPS) is 21.5. The highest BCUT2D eigenvalue weighted by molar-refractivity contribution is 7.99. The number of sulfonamides is 1. The van der Waals surface area contributed by atoms with Crippen LogP contribution in [-0.2, 0) is 39.0 Å². The summed E-state index contributed by atoms with van der Waals surface area (Å²) in [5, 5.41) is 20.7. The van der Waals surface area contributed by atoms with Gasteiger partial charge in [0.05, 0.1) is 58.6 Å². The number of halogens is 4. The highest BCUT2D eigenvalue weighted by atomic mass is 35.5. The second-order valence-electron chi connectivity index (χ2n) is 32.3. The number of piperidine rings is 1. The molecule has 0 spiro atoms. The smallest absolute Gasteiger partial charge is 0.391 e. The number of aryl methyl sites for hydroxylation is 1. The molecule has 5 saturated heterocycles. The molecule has 0 saturated carbocycles. The molecule has 5 N–H and O–H groups in total. The number of rotatable bonds is 28. The summed E-state index contributed by atoms with van der Waals surface area (Å²) in [5.41, 5.74) is 2.67. The molecule has 5 aliphatic heterocycles. The zero-order valence-corrected chi connectivity index (χ0v) is 68.8. The first-order valence-corrected chi connectivity index (χ1v) is 44.1. The summed E-state index contributed by atoms with van der Waals surface area (Å²) < 4.78 is 105. The largest absolute Gasteiger partial charge is 0.501 e. The van der Waals surface area contributed by atoms with Crippen molar-refractivity contribution in [2.75, 3.05) is 147 Å². The minimum absolute atomic E-state index is 0.00236. The first-order valence-electron chi connectivity index (χ1n) is 38.9. The number of hydrogen-bond acceptors (Lipinski definition) is 20. The second-order valence-corrected chi connectivity index (χ2v) is 38.3. The van der Waals surface area contributed by atoms with Crippen LogP contribution in [0, 0.1) is 23.7 Å². The van der Waals surface area contributed by atoms with E-state index in [0.717, 1.165) is 149 Å². The Morgan fingerprint density at radius 2 is 1.44 bits per heavy atom. The van der Waals surface area contributed by atoms with Gasteiger partial charge in [0.25, 0.3) is 25.8 Å². The van der Waals surface area contributed by atoms with Gasteiger partial charge in [0.2, 0.25) is 17.7 Å². The van der Waals surface area contributed by atoms with E-state index in [0.29, 0.717) is 75.1 Å². The number of morpholine rings is 1. The van der Waals surface area contributed by atoms with Crippen LogP contribution in [0.15, 0.2) is 147 Å². The Labute approximate surface area is 670 Å². The average Bonchev–Trinajstić information content (AvgIpc) is 0.848. The van der Waals surface area contributed by atoms with Crippen LogP contribution in [0.2, 0.25) is 5.02 Å². The Hall–Kier alpha value is -7.00. The third-order valence-corrected chi connectivity index (χ3v) is 28.0. The monoisotopic (exact) mass is 1640 g/mol. The number of thiazole rings is 1. The van der Waals surface area contributed by atoms with Gasteiger partial charge in [-0.25, -0.2) is 26.5 Å². The summed E-state index contributed by atoms with van der Waals surface area (Å²) in [6, 6.07) is 31.7. The molecule has 6 heterocycles. The molecule has 6 atom stereocenters. The maximum atomic E-state index is 14.5. The van der Waals surface area contributed by atoms with Crippen LogP contribution in [-0.4, -0.2) is 246 Å². The highest BCUT2D eigenvalue weighted by Gasteiger charge is 2.49. The number of thioether (sulfide) groups is 1. The van der Waals surface area contributed by atoms with Crippen LogP contribution in [0.5, 0.6) is 0 Å². The number of likely N-dealkylation sites (tertiary alicyclic amines) is 2. The number of piperazine rings is 2. The maximum Gasteiger partial charge on any atom is 0.501 e. The summed E-state index contributed by atoms with van der Waals surface area (Å²) in [5.74, 6) is -1.18. The maximum absolute atomic E-state index is 14.5. The van der Waals surface area contributed by atoms with Gasteiger partial charge in [-0.1, -0.05) is 99.5 Å². The van der Waals surface area contributed by atoms with Crippen LogP contribution in [0.3, 0.4) is 0 Å². The van der Waals surface area contributed by atoms with Crippen LogP contribution >= 0.6 is 34.7 Å². The number of aliphatic hydroxyl groups is 1. The lowest BCUT2D eigenvalue weighted by molar-refractivity contribution is -0.144. The van der Waals surface area contributed by atoms with E-state index in [9.17, 15) is 54.3 Å². The molecule has 606 valence electrons. The Kier molecular flexibility index (Phi) is 27.8. The minimum atomic E-state index is -6.10. The number of nitrogens with zero attached hydrogens (tertiary/aromatic N) is 8. The number of β-amino-alcohol motifs (C(OH)–C–C–N with tert-alkyl or cyclic N) is 1. The van der Waals surface area contributed by atoms with Crippen molar-refractivity contribution in [1.29, 1.82) is 0 Å². The zero-order valence-electron chi connectivity index (χ0n) is 64.7. The third-order valence-electron chi connectivity index (χ3n) is 22.8. The predicted octanol–water partition coefficient (Wildman–Crippen LogP) is 10.9. The van der Waals surface area contributed by atoms with Gasteiger partial charge in [-0.2, -0.15) is 13.2 Å². The number of nitrogens with one attached hydrogen (secondary N) is 4. The number of allylic oxidation sites excluding steroid dienone is 1. The first kappa shape index (κ1) is 84.4. The number of amides is 4. The van der Waals surface area contributed by atoms with E-state index in [-0.39, 0.29) is 54.3 Å². The van der Waals surface area contributed by atoms with E-state index in [1.807, 2.05) is 112 Å². The van der Waals surface area contributed by atoms with Gasteiger partial charge in [0.15, 0.2) is 0 Å². The Morgan fingerprint density at radius 1 is 0.777 bits per heavy atom. The van der Waals surface area contributed by atoms with Crippen molar-refractivity contribution in [3.63, 3.8) is 0 Å². The SMILES string of the molecule is Cc1ncsc1-c1ccc([C@H](C)NC(=O)[C@@H]2C[C@@H](O)CN2C(=O)[C@@H](NC(=O)CN2CCC(CN3CCN(CC4(C)CCC(c5ccc(Cl)cc5)=C(CN5CCN(c6ccc(C(=O)NS(=O)(=O)c7ccc(N[C@H](CCN8CCOCC8)CSc8ccccc8)c(S(=O)(=O)C(F)(F)F)c7)cc6)CC5)C4)CC3)CC2)C(C)(C)C)cc1. The molecule has 22 nitrogen and oxygen atoms in total. The fourth-order valence-electron chi connectivity index (χ4n) is 16.3. The molecule has 1 aliphatic carbocycles. The standard InChI is InChI=1S/C82H106ClF3N12O10S4/c1-56(59-12-14-61(15-13-59)75-57(2)87-55-110-75)88-78(102)72-46-67(99)51-98(72)79(103)76(80(3,4)5)90-74(100)52-93-31-27-58(28-32-93)49-94-34-36-96(37-35-94)54-81(6)30-26-70(60-16-20-64(83)21-17-60)63(48-81)50-95-38-40-97(41-39-95)66-22-18-62(19-23-66)77(101)91-112(106,107)69-24-25-71(73(47-69)111(104,105)82(84,85)86)89-65(29-33-92-42-44-108-45-43-92)53-109-68-10-8-7-9-11-68/h7-25,47,55-56,58,65,67,72,76,89,99H,26-46,48-54H2,1-6H3,(H,88,102)(H,90,100)(H,91,101)/t56-,65+,67+,72-,76+,81?/m0/s1. The summed E-state index contributed by atoms with van der Waals surface area (Å²) in [4.78, 5) is 75.9. The van der Waals surface area contributed by atoms with Gasteiger partial charge in [-0.3, -0.25) is 33.9 Å². The van der Waals surface area contributed by atoms with Crippen molar-refractivity contribution in [1.82, 2.24) is 49.7 Å². The van der Waals surface area contributed by atoms with E-state index in [2.05, 4.69) is 69.4 Å². The molecule has 112 heavy (non-hydrogen) atoms. The second kappa shape index (κ2) is 36.9. The van der Waals surface area contributed by atoms with Crippen molar-refractivity contribution >= 4 is 95.1 Å². The van der Waals surface area contributed by atoms with Gasteiger partial charge in [-0.15, -0.1) is 23.1 Å². The number of carbonyl (C=O) groups is 4. The van der Waals surface area contributed by atoms with E-state index in [1.165, 1.54) is 45.5 Å². The molecule has 5 aromatic carbocycles. The van der Waals surface area contributed by atoms with Gasteiger partial charge >= 0.3 is 5.51 Å². The fourth-order valence-corrected chi connectivity index (χ4v) is 20.3. The number of aliphatic hydroxyl groups excluding tert-OH is 1. The van der Waals surface area contributed by atoms with Crippen LogP contribution < -0.4 is 25.6 Å². The lowest BCUT2D eigenvalue weighted by Gasteiger charge is -2.45. The summed E-state index contributed by atoms with van der Waals surface area (Å²) >= 11 is 9.45. The van der Waals surface area contributed by atoms with E-state index in [1.54, 1.807) is 23.5 Å².